The zero-order valence-corrected chi connectivity index (χ0v) is 18.8. The quantitative estimate of drug-likeness (QED) is 0.337. The summed E-state index contributed by atoms with van der Waals surface area (Å²) >= 11 is 0. The fourth-order valence-electron chi connectivity index (χ4n) is 4.61. The average molecular weight is 457 g/mol. The summed E-state index contributed by atoms with van der Waals surface area (Å²) in [5, 5.41) is 16.9. The van der Waals surface area contributed by atoms with Gasteiger partial charge in [-0.25, -0.2) is 0 Å². The number of benzene rings is 2. The monoisotopic (exact) mass is 456 g/mol. The number of aromatic hydroxyl groups is 1. The van der Waals surface area contributed by atoms with Gasteiger partial charge in [-0.05, 0) is 17.2 Å². The van der Waals surface area contributed by atoms with Crippen LogP contribution < -0.4 is 5.56 Å². The minimum atomic E-state index is -0.589. The molecule has 3 aromatic heterocycles. The molecule has 0 bridgehead atoms. The molecule has 0 aliphatic rings. The molecule has 1 atom stereocenters. The predicted octanol–water partition coefficient (Wildman–Crippen LogP) is 3.73. The van der Waals surface area contributed by atoms with E-state index in [-0.39, 0.29) is 23.9 Å². The first-order valence-corrected chi connectivity index (χ1v) is 11.0. The molecule has 8 heteroatoms. The first kappa shape index (κ1) is 21.5. The molecule has 0 saturated carbocycles. The highest BCUT2D eigenvalue weighted by molar-refractivity contribution is 5.87. The fraction of sp³-hybridized carbons (Fsp3) is 0.192. The van der Waals surface area contributed by atoms with Crippen molar-refractivity contribution >= 4 is 27.9 Å². The second-order valence-electron chi connectivity index (χ2n) is 8.24. The molecule has 5 rings (SSSR count). The van der Waals surface area contributed by atoms with Gasteiger partial charge in [-0.15, -0.1) is 0 Å². The van der Waals surface area contributed by atoms with E-state index in [1.165, 1.54) is 11.6 Å². The highest BCUT2D eigenvalue weighted by atomic mass is 16.5. The molecule has 0 radical (unpaired) electrons. The van der Waals surface area contributed by atoms with Gasteiger partial charge in [0, 0.05) is 37.0 Å². The smallest absolute Gasteiger partial charge is 0.302 e. The Morgan fingerprint density at radius 2 is 1.82 bits per heavy atom. The molecule has 1 unspecified atom stereocenters. The lowest BCUT2D eigenvalue weighted by Crippen LogP contribution is -2.20. The van der Waals surface area contributed by atoms with Crippen molar-refractivity contribution in [1.82, 2.24) is 19.7 Å². The van der Waals surface area contributed by atoms with Crippen LogP contribution in [0.3, 0.4) is 0 Å². The van der Waals surface area contributed by atoms with E-state index in [1.807, 2.05) is 54.6 Å². The third-order valence-electron chi connectivity index (χ3n) is 6.14. The van der Waals surface area contributed by atoms with Crippen molar-refractivity contribution in [3.63, 3.8) is 0 Å². The number of esters is 1. The zero-order valence-electron chi connectivity index (χ0n) is 18.8. The van der Waals surface area contributed by atoms with E-state index in [9.17, 15) is 14.7 Å². The first-order valence-electron chi connectivity index (χ1n) is 11.0. The number of nitrogens with one attached hydrogen (secondary N) is 2. The summed E-state index contributed by atoms with van der Waals surface area (Å²) in [5.74, 6) is -1.04. The third kappa shape index (κ3) is 3.63. The van der Waals surface area contributed by atoms with Crippen molar-refractivity contribution in [3.05, 3.63) is 93.5 Å². The van der Waals surface area contributed by atoms with Gasteiger partial charge in [-0.3, -0.25) is 14.3 Å². The summed E-state index contributed by atoms with van der Waals surface area (Å²) in [6.45, 7) is 1.58. The maximum atomic E-state index is 13.4. The maximum absolute atomic E-state index is 13.4. The molecule has 172 valence electrons. The molecule has 34 heavy (non-hydrogen) atoms. The van der Waals surface area contributed by atoms with Crippen LogP contribution in [0.2, 0.25) is 0 Å². The number of aromatic nitrogens is 4. The minimum absolute atomic E-state index is 0.106. The molecule has 3 heterocycles. The molecule has 0 spiro atoms. The van der Waals surface area contributed by atoms with Gasteiger partial charge in [0.15, 0.2) is 0 Å². The standard InChI is InChI=1S/C26H24N4O4/c1-15(31)34-13-12-18-17-10-6-7-11-20(17)28-23(18)21(16-8-4-3-5-9-16)22-24(32)19-14-27-30(2)25(19)29-26(22)33/h3-11,14,21,28H,12-13H2,1-2H3,(H2,29,32,33). The lowest BCUT2D eigenvalue weighted by atomic mass is 9.85. The van der Waals surface area contributed by atoms with Gasteiger partial charge in [0.05, 0.1) is 29.7 Å². The summed E-state index contributed by atoms with van der Waals surface area (Å²) in [6, 6.07) is 17.4. The zero-order chi connectivity index (χ0) is 23.8. The summed E-state index contributed by atoms with van der Waals surface area (Å²) in [7, 11) is 1.71. The maximum Gasteiger partial charge on any atom is 0.302 e. The number of fused-ring (bicyclic) bond motifs is 2. The Morgan fingerprint density at radius 1 is 1.09 bits per heavy atom. The summed E-state index contributed by atoms with van der Waals surface area (Å²) in [5.41, 5.74) is 3.71. The highest BCUT2D eigenvalue weighted by Crippen LogP contribution is 2.40. The molecule has 0 aliphatic heterocycles. The Hall–Kier alpha value is -4.33. The lowest BCUT2D eigenvalue weighted by Gasteiger charge is -2.20. The second kappa shape index (κ2) is 8.55. The van der Waals surface area contributed by atoms with Crippen LogP contribution in [0.5, 0.6) is 5.75 Å². The van der Waals surface area contributed by atoms with E-state index in [0.717, 1.165) is 27.7 Å². The first-order chi connectivity index (χ1) is 16.5. The average Bonchev–Trinajstić information content (AvgIpc) is 3.37. The molecule has 0 fully saturated rings. The summed E-state index contributed by atoms with van der Waals surface area (Å²) in [6.07, 6.45) is 2.00. The number of para-hydroxylation sites is 1. The Kier molecular flexibility index (Phi) is 5.41. The van der Waals surface area contributed by atoms with Crippen LogP contribution in [0.15, 0.2) is 65.6 Å². The number of aryl methyl sites for hydroxylation is 1. The van der Waals surface area contributed by atoms with Crippen LogP contribution in [0.1, 0.15) is 35.2 Å². The van der Waals surface area contributed by atoms with Crippen molar-refractivity contribution in [3.8, 4) is 5.75 Å². The van der Waals surface area contributed by atoms with E-state index in [4.69, 9.17) is 4.74 Å². The summed E-state index contributed by atoms with van der Waals surface area (Å²) < 4.78 is 6.76. The Bertz CT molecular complexity index is 1560. The highest BCUT2D eigenvalue weighted by Gasteiger charge is 2.30. The van der Waals surface area contributed by atoms with Gasteiger partial charge in [-0.1, -0.05) is 48.5 Å². The van der Waals surface area contributed by atoms with Crippen LogP contribution in [0, 0.1) is 0 Å². The fourth-order valence-corrected chi connectivity index (χ4v) is 4.61. The number of carbonyl (C=O) groups is 1. The Labute approximate surface area is 194 Å². The number of pyridine rings is 1. The molecular weight excluding hydrogens is 432 g/mol. The largest absolute Gasteiger partial charge is 0.507 e. The van der Waals surface area contributed by atoms with Crippen LogP contribution in [0.25, 0.3) is 21.9 Å². The van der Waals surface area contributed by atoms with Crippen LogP contribution in [-0.2, 0) is 23.0 Å². The van der Waals surface area contributed by atoms with Crippen molar-refractivity contribution in [2.75, 3.05) is 6.61 Å². The van der Waals surface area contributed by atoms with Gasteiger partial charge >= 0.3 is 5.97 Å². The minimum Gasteiger partial charge on any atom is -0.507 e. The molecule has 0 saturated heterocycles. The molecule has 0 amide bonds. The SMILES string of the molecule is CC(=O)OCCc1c(C(c2ccccc2)c2c(O)c3cnn(C)c3[nH]c2=O)[nH]c2ccccc12. The molecule has 5 aromatic rings. The van der Waals surface area contributed by atoms with E-state index in [0.29, 0.717) is 17.5 Å². The number of hydrogen-bond donors (Lipinski definition) is 3. The number of carbonyl (C=O) groups excluding carboxylic acids is 1. The number of aromatic amines is 2. The van der Waals surface area contributed by atoms with Gasteiger partial charge in [0.25, 0.3) is 5.56 Å². The predicted molar refractivity (Wildman–Crippen MR) is 129 cm³/mol. The van der Waals surface area contributed by atoms with Gasteiger partial charge in [-0.2, -0.15) is 5.10 Å². The number of nitrogens with zero attached hydrogens (tertiary/aromatic N) is 2. The summed E-state index contributed by atoms with van der Waals surface area (Å²) in [4.78, 5) is 31.1. The van der Waals surface area contributed by atoms with Crippen LogP contribution in [0.4, 0.5) is 0 Å². The lowest BCUT2D eigenvalue weighted by molar-refractivity contribution is -0.140. The van der Waals surface area contributed by atoms with Crippen molar-refractivity contribution in [1.29, 1.82) is 0 Å². The van der Waals surface area contributed by atoms with Crippen molar-refractivity contribution in [2.45, 2.75) is 19.3 Å². The molecule has 2 aromatic carbocycles. The van der Waals surface area contributed by atoms with Gasteiger partial charge < -0.3 is 19.8 Å². The third-order valence-corrected chi connectivity index (χ3v) is 6.14. The van der Waals surface area contributed by atoms with Crippen molar-refractivity contribution < 1.29 is 14.6 Å². The number of rotatable bonds is 6. The van der Waals surface area contributed by atoms with Gasteiger partial charge in [0.2, 0.25) is 0 Å². The normalized spacial score (nSPS) is 12.3. The van der Waals surface area contributed by atoms with Crippen molar-refractivity contribution in [2.24, 2.45) is 7.05 Å². The number of hydrogen-bond acceptors (Lipinski definition) is 5. The van der Waals surface area contributed by atoms with E-state index in [1.54, 1.807) is 13.2 Å². The Balaban J connectivity index is 1.78. The second-order valence-corrected chi connectivity index (χ2v) is 8.24. The number of ether oxygens (including phenoxy) is 1. The number of H-pyrrole nitrogens is 2. The van der Waals surface area contributed by atoms with E-state index < -0.39 is 11.5 Å². The van der Waals surface area contributed by atoms with E-state index >= 15 is 0 Å². The van der Waals surface area contributed by atoms with E-state index in [2.05, 4.69) is 15.1 Å². The van der Waals surface area contributed by atoms with Crippen LogP contribution in [-0.4, -0.2) is 37.4 Å². The molecular formula is C26H24N4O4. The topological polar surface area (TPSA) is 113 Å². The van der Waals surface area contributed by atoms with Gasteiger partial charge in [0.1, 0.15) is 11.4 Å². The molecule has 3 N–H and O–H groups in total. The molecule has 0 aliphatic carbocycles. The van der Waals surface area contributed by atoms with Crippen LogP contribution >= 0.6 is 0 Å². The molecule has 8 nitrogen and oxygen atoms in total. The Morgan fingerprint density at radius 3 is 2.59 bits per heavy atom.